The van der Waals surface area contributed by atoms with Gasteiger partial charge in [0.15, 0.2) is 18.1 Å². The van der Waals surface area contributed by atoms with Gasteiger partial charge >= 0.3 is 6.09 Å². The third kappa shape index (κ3) is 4.28. The van der Waals surface area contributed by atoms with Crippen molar-refractivity contribution in [3.8, 4) is 11.5 Å². The predicted octanol–water partition coefficient (Wildman–Crippen LogP) is 2.77. The summed E-state index contributed by atoms with van der Waals surface area (Å²) < 4.78 is 11.2. The number of phenolic OH excluding ortho intramolecular Hbond substituents is 1. The van der Waals surface area contributed by atoms with E-state index in [1.54, 1.807) is 23.1 Å². The lowest BCUT2D eigenvalue weighted by atomic mass is 9.91. The van der Waals surface area contributed by atoms with Crippen molar-refractivity contribution in [3.63, 3.8) is 0 Å². The topological polar surface area (TPSA) is 79.3 Å². The Hall–Kier alpha value is -2.44. The number of rotatable bonds is 6. The van der Waals surface area contributed by atoms with E-state index in [0.29, 0.717) is 38.2 Å². The van der Waals surface area contributed by atoms with Gasteiger partial charge in [-0.05, 0) is 25.5 Å². The van der Waals surface area contributed by atoms with E-state index in [4.69, 9.17) is 9.47 Å². The number of benzene rings is 1. The Labute approximate surface area is 159 Å². The molecule has 3 rings (SSSR count). The highest BCUT2D eigenvalue weighted by Crippen LogP contribution is 2.35. The average molecular weight is 376 g/mol. The van der Waals surface area contributed by atoms with Crippen LogP contribution in [-0.2, 0) is 9.53 Å². The number of piperidine rings is 1. The monoisotopic (exact) mass is 376 g/mol. The molecule has 2 saturated heterocycles. The van der Waals surface area contributed by atoms with Crippen LogP contribution in [-0.4, -0.2) is 64.8 Å². The molecule has 1 aromatic carbocycles. The van der Waals surface area contributed by atoms with E-state index in [1.165, 1.54) is 6.07 Å². The smallest absolute Gasteiger partial charge is 0.410 e. The fourth-order valence-electron chi connectivity index (χ4n) is 3.79. The van der Waals surface area contributed by atoms with E-state index in [1.807, 2.05) is 4.90 Å². The molecule has 0 aliphatic carbocycles. The summed E-state index contributed by atoms with van der Waals surface area (Å²) in [6.45, 7) is 5.71. The molecule has 7 nitrogen and oxygen atoms in total. The third-order valence-electron chi connectivity index (χ3n) is 5.48. The van der Waals surface area contributed by atoms with Gasteiger partial charge in [-0.1, -0.05) is 25.5 Å². The Bertz CT molecular complexity index is 685. The maximum Gasteiger partial charge on any atom is 0.410 e. The molecule has 2 aliphatic heterocycles. The maximum atomic E-state index is 12.4. The number of para-hydroxylation sites is 2. The minimum atomic E-state index is -0.478. The molecule has 2 heterocycles. The molecule has 0 bridgehead atoms. The summed E-state index contributed by atoms with van der Waals surface area (Å²) in [6, 6.07) is 6.75. The molecule has 1 atom stereocenters. The summed E-state index contributed by atoms with van der Waals surface area (Å²) in [5, 5.41) is 9.70. The summed E-state index contributed by atoms with van der Waals surface area (Å²) in [5.41, 5.74) is -0.478. The van der Waals surface area contributed by atoms with E-state index >= 15 is 0 Å². The second-order valence-corrected chi connectivity index (χ2v) is 7.45. The molecule has 0 unspecified atom stereocenters. The number of carbonyl (C=O) groups excluding carboxylic acids is 2. The highest BCUT2D eigenvalue weighted by Gasteiger charge is 2.48. The maximum absolute atomic E-state index is 12.4. The molecule has 1 spiro atoms. The lowest BCUT2D eigenvalue weighted by Crippen LogP contribution is -2.50. The van der Waals surface area contributed by atoms with E-state index in [2.05, 4.69) is 13.8 Å². The van der Waals surface area contributed by atoms with Crippen LogP contribution in [0.25, 0.3) is 0 Å². The van der Waals surface area contributed by atoms with Crippen LogP contribution in [0.3, 0.4) is 0 Å². The SMILES string of the molecule is CCC[C@H](C)N1CC2(CCN(C(=O)COc3ccccc3O)CC2)OC1=O. The normalized spacial score (nSPS) is 19.9. The van der Waals surface area contributed by atoms with Crippen LogP contribution in [0.4, 0.5) is 4.79 Å². The van der Waals surface area contributed by atoms with Crippen LogP contribution in [0.1, 0.15) is 39.5 Å². The summed E-state index contributed by atoms with van der Waals surface area (Å²) in [7, 11) is 0. The molecular weight excluding hydrogens is 348 g/mol. The first-order valence-electron chi connectivity index (χ1n) is 9.62. The van der Waals surface area contributed by atoms with E-state index in [0.717, 1.165) is 12.8 Å². The standard InChI is InChI=1S/C20H28N2O5/c1-3-6-15(2)22-14-20(27-19(22)25)9-11-21(12-10-20)18(24)13-26-17-8-5-4-7-16(17)23/h4-5,7-8,15,23H,3,6,9-14H2,1-2H3/t15-/m0/s1. The summed E-state index contributed by atoms with van der Waals surface area (Å²) in [5.74, 6) is 0.181. The summed E-state index contributed by atoms with van der Waals surface area (Å²) >= 11 is 0. The first kappa shape index (κ1) is 19.3. The Morgan fingerprint density at radius 1 is 1.33 bits per heavy atom. The molecule has 1 aromatic rings. The van der Waals surface area contributed by atoms with Crippen molar-refractivity contribution < 1.29 is 24.2 Å². The lowest BCUT2D eigenvalue weighted by Gasteiger charge is -2.37. The summed E-state index contributed by atoms with van der Waals surface area (Å²) in [4.78, 5) is 28.2. The molecule has 0 radical (unpaired) electrons. The third-order valence-corrected chi connectivity index (χ3v) is 5.48. The molecule has 7 heteroatoms. The minimum absolute atomic E-state index is 0.0158. The number of carbonyl (C=O) groups is 2. The van der Waals surface area contributed by atoms with Crippen LogP contribution >= 0.6 is 0 Å². The van der Waals surface area contributed by atoms with Crippen LogP contribution in [0.5, 0.6) is 11.5 Å². The van der Waals surface area contributed by atoms with Gasteiger partial charge in [-0.3, -0.25) is 4.79 Å². The van der Waals surface area contributed by atoms with E-state index in [9.17, 15) is 14.7 Å². The molecule has 148 valence electrons. The van der Waals surface area contributed by atoms with Crippen LogP contribution in [0, 0.1) is 0 Å². The van der Waals surface area contributed by atoms with E-state index in [-0.39, 0.29) is 30.4 Å². The predicted molar refractivity (Wildman–Crippen MR) is 99.7 cm³/mol. The van der Waals surface area contributed by atoms with Crippen LogP contribution in [0.15, 0.2) is 24.3 Å². The second-order valence-electron chi connectivity index (χ2n) is 7.45. The quantitative estimate of drug-likeness (QED) is 0.826. The number of phenols is 1. The second kappa shape index (κ2) is 8.06. The first-order valence-corrected chi connectivity index (χ1v) is 9.62. The molecule has 27 heavy (non-hydrogen) atoms. The molecule has 0 saturated carbocycles. The first-order chi connectivity index (χ1) is 12.9. The van der Waals surface area contributed by atoms with Gasteiger partial charge in [0.2, 0.25) is 0 Å². The molecular formula is C20H28N2O5. The van der Waals surface area contributed by atoms with Crippen molar-refractivity contribution in [1.82, 2.24) is 9.80 Å². The molecule has 2 aliphatic rings. The zero-order valence-corrected chi connectivity index (χ0v) is 16.0. The van der Waals surface area contributed by atoms with Gasteiger partial charge in [-0.2, -0.15) is 0 Å². The zero-order valence-electron chi connectivity index (χ0n) is 16.0. The van der Waals surface area contributed by atoms with Crippen molar-refractivity contribution in [2.45, 2.75) is 51.2 Å². The number of aromatic hydroxyl groups is 1. The Kier molecular flexibility index (Phi) is 5.77. The fourth-order valence-corrected chi connectivity index (χ4v) is 3.79. The highest BCUT2D eigenvalue weighted by molar-refractivity contribution is 5.78. The fraction of sp³-hybridized carbons (Fsp3) is 0.600. The summed E-state index contributed by atoms with van der Waals surface area (Å²) in [6.07, 6.45) is 3.02. The Morgan fingerprint density at radius 3 is 2.70 bits per heavy atom. The van der Waals surface area contributed by atoms with Crippen molar-refractivity contribution in [3.05, 3.63) is 24.3 Å². The van der Waals surface area contributed by atoms with Gasteiger partial charge in [-0.25, -0.2) is 4.79 Å². The Balaban J connectivity index is 1.50. The number of hydrogen-bond donors (Lipinski definition) is 1. The van der Waals surface area contributed by atoms with Crippen molar-refractivity contribution in [2.24, 2.45) is 0 Å². The van der Waals surface area contributed by atoms with Crippen molar-refractivity contribution in [2.75, 3.05) is 26.2 Å². The van der Waals surface area contributed by atoms with Gasteiger partial charge in [0.05, 0.1) is 6.54 Å². The van der Waals surface area contributed by atoms with Gasteiger partial charge < -0.3 is 24.4 Å². The van der Waals surface area contributed by atoms with E-state index < -0.39 is 5.60 Å². The molecule has 2 amide bonds. The number of ether oxygens (including phenoxy) is 2. The van der Waals surface area contributed by atoms with Crippen molar-refractivity contribution >= 4 is 12.0 Å². The Morgan fingerprint density at radius 2 is 2.04 bits per heavy atom. The van der Waals surface area contributed by atoms with Gasteiger partial charge in [-0.15, -0.1) is 0 Å². The molecule has 2 fully saturated rings. The van der Waals surface area contributed by atoms with Gasteiger partial charge in [0, 0.05) is 32.0 Å². The van der Waals surface area contributed by atoms with Gasteiger partial charge in [0.25, 0.3) is 5.91 Å². The largest absolute Gasteiger partial charge is 0.504 e. The highest BCUT2D eigenvalue weighted by atomic mass is 16.6. The molecule has 1 N–H and O–H groups in total. The average Bonchev–Trinajstić information content (AvgIpc) is 2.97. The van der Waals surface area contributed by atoms with Gasteiger partial charge in [0.1, 0.15) is 5.60 Å². The van der Waals surface area contributed by atoms with Crippen LogP contribution in [0.2, 0.25) is 0 Å². The minimum Gasteiger partial charge on any atom is -0.504 e. The number of hydrogen-bond acceptors (Lipinski definition) is 5. The number of nitrogens with zero attached hydrogens (tertiary/aromatic N) is 2. The zero-order chi connectivity index (χ0) is 19.4. The lowest BCUT2D eigenvalue weighted by molar-refractivity contribution is -0.136. The number of likely N-dealkylation sites (tertiary alicyclic amines) is 1. The van der Waals surface area contributed by atoms with Crippen LogP contribution < -0.4 is 4.74 Å². The van der Waals surface area contributed by atoms with Crippen molar-refractivity contribution in [1.29, 1.82) is 0 Å². The molecule has 0 aromatic heterocycles. The number of amides is 2.